The van der Waals surface area contributed by atoms with E-state index in [4.69, 9.17) is 21.1 Å². The second-order valence-electron chi connectivity index (χ2n) is 7.38. The van der Waals surface area contributed by atoms with Crippen molar-refractivity contribution < 1.29 is 23.9 Å². The molecule has 0 aliphatic carbocycles. The van der Waals surface area contributed by atoms with Crippen molar-refractivity contribution >= 4 is 57.1 Å². The van der Waals surface area contributed by atoms with Crippen LogP contribution >= 0.6 is 27.5 Å². The van der Waals surface area contributed by atoms with Gasteiger partial charge >= 0.3 is 6.03 Å². The predicted molar refractivity (Wildman–Crippen MR) is 131 cm³/mol. The van der Waals surface area contributed by atoms with Crippen LogP contribution in [0.3, 0.4) is 0 Å². The van der Waals surface area contributed by atoms with E-state index in [2.05, 4.69) is 28.2 Å². The van der Waals surface area contributed by atoms with Crippen LogP contribution in [0.4, 0.5) is 10.5 Å². The first-order valence-corrected chi connectivity index (χ1v) is 11.7. The molecule has 7 nitrogen and oxygen atoms in total. The van der Waals surface area contributed by atoms with Gasteiger partial charge in [-0.1, -0.05) is 37.8 Å². The molecule has 2 aromatic rings. The topological polar surface area (TPSA) is 84.9 Å². The minimum Gasteiger partial charge on any atom is -0.493 e. The third-order valence-corrected chi connectivity index (χ3v) is 5.83. The van der Waals surface area contributed by atoms with Gasteiger partial charge in [0.15, 0.2) is 11.5 Å². The Balaban J connectivity index is 1.88. The fourth-order valence-electron chi connectivity index (χ4n) is 3.32. The van der Waals surface area contributed by atoms with Crippen LogP contribution in [-0.4, -0.2) is 31.6 Å². The highest BCUT2D eigenvalue weighted by Gasteiger charge is 2.36. The summed E-state index contributed by atoms with van der Waals surface area (Å²) in [5.41, 5.74) is 0.638. The molecule has 1 fully saturated rings. The fourth-order valence-corrected chi connectivity index (χ4v) is 4.02. The summed E-state index contributed by atoms with van der Waals surface area (Å²) in [5, 5.41) is 2.66. The van der Waals surface area contributed by atoms with Crippen LogP contribution in [-0.2, 0) is 9.59 Å². The molecule has 0 atom stereocenters. The minimum atomic E-state index is -0.824. The summed E-state index contributed by atoms with van der Waals surface area (Å²) >= 11 is 9.38. The number of carbonyl (C=O) groups excluding carboxylic acids is 3. The normalized spacial score (nSPS) is 15.1. The maximum absolute atomic E-state index is 13.0. The third kappa shape index (κ3) is 5.94. The van der Waals surface area contributed by atoms with Gasteiger partial charge in [0.1, 0.15) is 5.57 Å². The molecule has 1 N–H and O–H groups in total. The molecule has 1 aliphatic rings. The maximum Gasteiger partial charge on any atom is 0.335 e. The number of anilines is 1. The number of hydrogen-bond acceptors (Lipinski definition) is 5. The van der Waals surface area contributed by atoms with E-state index in [0.717, 1.165) is 30.6 Å². The molecule has 0 unspecified atom stereocenters. The van der Waals surface area contributed by atoms with Crippen LogP contribution in [0.25, 0.3) is 6.08 Å². The number of barbiturate groups is 1. The lowest BCUT2D eigenvalue weighted by Gasteiger charge is -2.26. The smallest absolute Gasteiger partial charge is 0.335 e. The molecule has 174 valence electrons. The number of ether oxygens (including phenoxy) is 2. The zero-order valence-electron chi connectivity index (χ0n) is 18.3. The molecule has 0 aromatic heterocycles. The van der Waals surface area contributed by atoms with Crippen molar-refractivity contribution in [3.63, 3.8) is 0 Å². The number of amides is 4. The molecule has 1 saturated heterocycles. The Hall–Kier alpha value is -2.84. The van der Waals surface area contributed by atoms with Crippen molar-refractivity contribution in [2.75, 3.05) is 18.6 Å². The highest BCUT2D eigenvalue weighted by Crippen LogP contribution is 2.37. The average molecular weight is 536 g/mol. The van der Waals surface area contributed by atoms with Gasteiger partial charge < -0.3 is 9.47 Å². The highest BCUT2D eigenvalue weighted by molar-refractivity contribution is 9.10. The zero-order chi connectivity index (χ0) is 24.0. The first-order chi connectivity index (χ1) is 15.8. The van der Waals surface area contributed by atoms with Gasteiger partial charge in [-0.15, -0.1) is 0 Å². The Morgan fingerprint density at radius 2 is 1.82 bits per heavy atom. The molecule has 0 bridgehead atoms. The monoisotopic (exact) mass is 534 g/mol. The number of hydrogen-bond donors (Lipinski definition) is 1. The molecule has 1 aliphatic heterocycles. The number of urea groups is 1. The van der Waals surface area contributed by atoms with Gasteiger partial charge in [0.2, 0.25) is 0 Å². The number of unbranched alkanes of at least 4 members (excludes halogenated alkanes) is 3. The van der Waals surface area contributed by atoms with Crippen LogP contribution in [0, 0.1) is 0 Å². The third-order valence-electron chi connectivity index (χ3n) is 4.99. The Bertz CT molecular complexity index is 1090. The summed E-state index contributed by atoms with van der Waals surface area (Å²) in [7, 11) is 1.52. The number of carbonyl (C=O) groups is 3. The van der Waals surface area contributed by atoms with Gasteiger partial charge in [0.05, 0.1) is 23.9 Å². The van der Waals surface area contributed by atoms with E-state index in [0.29, 0.717) is 38.9 Å². The zero-order valence-corrected chi connectivity index (χ0v) is 20.7. The van der Waals surface area contributed by atoms with E-state index in [1.807, 2.05) is 0 Å². The van der Waals surface area contributed by atoms with E-state index in [1.165, 1.54) is 25.3 Å². The molecule has 0 radical (unpaired) electrons. The van der Waals surface area contributed by atoms with Gasteiger partial charge in [-0.3, -0.25) is 14.9 Å². The average Bonchev–Trinajstić information content (AvgIpc) is 2.78. The van der Waals surface area contributed by atoms with Crippen molar-refractivity contribution in [3.8, 4) is 11.5 Å². The largest absolute Gasteiger partial charge is 0.493 e. The van der Waals surface area contributed by atoms with Crippen molar-refractivity contribution in [2.24, 2.45) is 0 Å². The lowest BCUT2D eigenvalue weighted by atomic mass is 10.1. The quantitative estimate of drug-likeness (QED) is 0.252. The number of nitrogens with one attached hydrogen (secondary N) is 1. The van der Waals surface area contributed by atoms with E-state index in [9.17, 15) is 14.4 Å². The second-order valence-corrected chi connectivity index (χ2v) is 8.67. The first kappa shape index (κ1) is 24.8. The van der Waals surface area contributed by atoms with E-state index in [1.54, 1.807) is 24.3 Å². The van der Waals surface area contributed by atoms with Gasteiger partial charge in [0, 0.05) is 5.02 Å². The van der Waals surface area contributed by atoms with Crippen molar-refractivity contribution in [2.45, 2.75) is 32.6 Å². The molecule has 2 aromatic carbocycles. The van der Waals surface area contributed by atoms with E-state index < -0.39 is 17.8 Å². The maximum atomic E-state index is 13.0. The fraction of sp³-hybridized carbons (Fsp3) is 0.292. The minimum absolute atomic E-state index is 0.188. The lowest BCUT2D eigenvalue weighted by Crippen LogP contribution is -2.54. The van der Waals surface area contributed by atoms with Crippen LogP contribution in [0.1, 0.15) is 38.2 Å². The van der Waals surface area contributed by atoms with E-state index in [-0.39, 0.29) is 5.57 Å². The number of halogens is 2. The first-order valence-electron chi connectivity index (χ1n) is 10.5. The van der Waals surface area contributed by atoms with E-state index >= 15 is 0 Å². The SMILES string of the molecule is CCCCCCOc1c(Br)cc(/C=C2/C(=O)NC(=O)N(c3ccc(Cl)cc3)C2=O)cc1OC. The van der Waals surface area contributed by atoms with Crippen molar-refractivity contribution in [3.05, 3.63) is 57.0 Å². The van der Waals surface area contributed by atoms with Gasteiger partial charge in [-0.2, -0.15) is 0 Å². The molecular formula is C24H24BrClN2O5. The van der Waals surface area contributed by atoms with Crippen molar-refractivity contribution in [1.29, 1.82) is 0 Å². The van der Waals surface area contributed by atoms with Gasteiger partial charge in [-0.25, -0.2) is 9.69 Å². The molecule has 4 amide bonds. The number of imide groups is 2. The van der Waals surface area contributed by atoms with Crippen LogP contribution < -0.4 is 19.7 Å². The Labute approximate surface area is 205 Å². The summed E-state index contributed by atoms with van der Waals surface area (Å²) in [6.45, 7) is 2.70. The van der Waals surface area contributed by atoms with Crippen molar-refractivity contribution in [1.82, 2.24) is 5.32 Å². The Kier molecular flexibility index (Phi) is 8.52. The summed E-state index contributed by atoms with van der Waals surface area (Å²) < 4.78 is 12.0. The van der Waals surface area contributed by atoms with Crippen LogP contribution in [0.2, 0.25) is 5.02 Å². The summed E-state index contributed by atoms with van der Waals surface area (Å²) in [4.78, 5) is 38.7. The Morgan fingerprint density at radius 3 is 2.48 bits per heavy atom. The second kappa shape index (κ2) is 11.3. The van der Waals surface area contributed by atoms with Crippen LogP contribution in [0.5, 0.6) is 11.5 Å². The van der Waals surface area contributed by atoms with Crippen LogP contribution in [0.15, 0.2) is 46.4 Å². The lowest BCUT2D eigenvalue weighted by molar-refractivity contribution is -0.122. The number of nitrogens with zero attached hydrogens (tertiary/aromatic N) is 1. The summed E-state index contributed by atoms with van der Waals surface area (Å²) in [5.74, 6) is -0.506. The number of benzene rings is 2. The molecule has 33 heavy (non-hydrogen) atoms. The number of methoxy groups -OCH3 is 1. The highest BCUT2D eigenvalue weighted by atomic mass is 79.9. The molecule has 3 rings (SSSR count). The number of rotatable bonds is 9. The van der Waals surface area contributed by atoms with Gasteiger partial charge in [-0.05, 0) is 70.4 Å². The molecule has 1 heterocycles. The standard InChI is InChI=1S/C24H24BrClN2O5/c1-3-4-5-6-11-33-21-19(25)13-15(14-20(21)32-2)12-18-22(29)27-24(31)28(23(18)30)17-9-7-16(26)8-10-17/h7-10,12-14H,3-6,11H2,1-2H3,(H,27,29,31)/b18-12-. The molecular weight excluding hydrogens is 512 g/mol. The van der Waals surface area contributed by atoms with Gasteiger partial charge in [0.25, 0.3) is 11.8 Å². The summed E-state index contributed by atoms with van der Waals surface area (Å²) in [6.07, 6.45) is 5.72. The molecule has 0 spiro atoms. The Morgan fingerprint density at radius 1 is 1.09 bits per heavy atom. The molecule has 0 saturated carbocycles. The summed E-state index contributed by atoms with van der Waals surface area (Å²) in [6, 6.07) is 8.73. The predicted octanol–water partition coefficient (Wildman–Crippen LogP) is 5.74. The molecule has 9 heteroatoms.